The zero-order chi connectivity index (χ0) is 11.5. The van der Waals surface area contributed by atoms with Gasteiger partial charge in [0.15, 0.2) is 0 Å². The van der Waals surface area contributed by atoms with E-state index < -0.39 is 16.5 Å². The van der Waals surface area contributed by atoms with Gasteiger partial charge in [-0.25, -0.2) is 0 Å². The molecule has 94 valence electrons. The summed E-state index contributed by atoms with van der Waals surface area (Å²) in [4.78, 5) is 0. The first kappa shape index (κ1) is 16.2. The second-order valence-electron chi connectivity index (χ2n) is 4.01. The minimum Gasteiger partial charge on any atom is -0.675 e. The quantitative estimate of drug-likeness (QED) is 0.495. The summed E-state index contributed by atoms with van der Waals surface area (Å²) in [7, 11) is 9.75. The number of nitrogens with one attached hydrogen (secondary N) is 2. The molecule has 0 bridgehead atoms. The minimum absolute atomic E-state index is 0.296. The molecule has 0 aromatic carbocycles. The van der Waals surface area contributed by atoms with E-state index in [1.807, 2.05) is 0 Å². The Hall–Kier alpha value is 1.19. The van der Waals surface area contributed by atoms with E-state index in [0.717, 1.165) is 25.7 Å². The van der Waals surface area contributed by atoms with E-state index >= 15 is 0 Å². The Morgan fingerprint density at radius 3 is 1.00 bits per heavy atom. The minimum atomic E-state index is -0.472. The molecule has 2 fully saturated rings. The van der Waals surface area contributed by atoms with Crippen LogP contribution in [-0.2, 0) is 16.5 Å². The molecule has 0 aromatic rings. The van der Waals surface area contributed by atoms with Crippen molar-refractivity contribution in [3.05, 3.63) is 11.5 Å². The summed E-state index contributed by atoms with van der Waals surface area (Å²) in [6.07, 6.45) is 9.81. The van der Waals surface area contributed by atoms with Crippen molar-refractivity contribution in [1.29, 1.82) is 0 Å². The van der Waals surface area contributed by atoms with Gasteiger partial charge in [0.05, 0.1) is 0 Å². The van der Waals surface area contributed by atoms with Crippen LogP contribution < -0.4 is 0 Å². The molecule has 2 aliphatic carbocycles. The molecule has 0 spiro atoms. The number of rotatable bonds is 0. The molecule has 0 radical (unpaired) electrons. The Labute approximate surface area is 110 Å². The molecule has 0 aromatic heterocycles. The van der Waals surface area contributed by atoms with Crippen molar-refractivity contribution in [2.24, 2.45) is 0 Å². The van der Waals surface area contributed by atoms with Crippen LogP contribution in [0.1, 0.15) is 51.4 Å². The van der Waals surface area contributed by atoms with Crippen LogP contribution in [0, 0.1) is 0 Å². The monoisotopic (exact) mass is 433 g/mol. The Morgan fingerprint density at radius 1 is 0.733 bits per heavy atom. The van der Waals surface area contributed by atoms with Gasteiger partial charge >= 0.3 is 35.3 Å². The summed E-state index contributed by atoms with van der Waals surface area (Å²) >= 11 is -0.472. The van der Waals surface area contributed by atoms with Gasteiger partial charge < -0.3 is 11.5 Å². The summed E-state index contributed by atoms with van der Waals surface area (Å²) in [6, 6.07) is 0.593. The molecule has 2 saturated carbocycles. The SMILES string of the molecule is [Cl][Pt+2][Cl].[NH-]C1CCCC1.[NH-]C1CCCC1. The summed E-state index contributed by atoms with van der Waals surface area (Å²) in [5, 5.41) is 0. The van der Waals surface area contributed by atoms with Gasteiger partial charge in [-0.3, -0.25) is 0 Å². The van der Waals surface area contributed by atoms with Crippen LogP contribution in [0.3, 0.4) is 0 Å². The smallest absolute Gasteiger partial charge is 0.0547 e. The van der Waals surface area contributed by atoms with Crippen molar-refractivity contribution >= 4 is 18.8 Å². The van der Waals surface area contributed by atoms with Crippen LogP contribution in [0.4, 0.5) is 0 Å². The normalized spacial score (nSPS) is 21.9. The average molecular weight is 434 g/mol. The predicted octanol–water partition coefficient (Wildman–Crippen LogP) is 5.34. The second-order valence-corrected chi connectivity index (χ2v) is 7.29. The van der Waals surface area contributed by atoms with E-state index in [9.17, 15) is 0 Å². The molecule has 15 heavy (non-hydrogen) atoms. The molecule has 0 heterocycles. The van der Waals surface area contributed by atoms with Crippen molar-refractivity contribution in [2.45, 2.75) is 63.5 Å². The fourth-order valence-electron chi connectivity index (χ4n) is 1.85. The van der Waals surface area contributed by atoms with Crippen LogP contribution in [-0.4, -0.2) is 12.1 Å². The van der Waals surface area contributed by atoms with Crippen LogP contribution in [0.25, 0.3) is 11.5 Å². The molecule has 2 N–H and O–H groups in total. The zero-order valence-corrected chi connectivity index (χ0v) is 12.7. The molecule has 2 aliphatic rings. The van der Waals surface area contributed by atoms with Crippen molar-refractivity contribution in [2.75, 3.05) is 0 Å². The van der Waals surface area contributed by atoms with E-state index in [4.69, 9.17) is 30.3 Å². The Balaban J connectivity index is 0.000000210. The fraction of sp³-hybridized carbons (Fsp3) is 1.00. The van der Waals surface area contributed by atoms with Crippen LogP contribution in [0.5, 0.6) is 0 Å². The maximum atomic E-state index is 7.13. The maximum absolute atomic E-state index is 7.13. The fourth-order valence-corrected chi connectivity index (χ4v) is 1.85. The topological polar surface area (TPSA) is 47.6 Å². The number of hydrogen-bond acceptors (Lipinski definition) is 0. The molecular formula is C10H20Cl2N2Pt. The molecule has 0 unspecified atom stereocenters. The van der Waals surface area contributed by atoms with Crippen molar-refractivity contribution in [1.82, 2.24) is 0 Å². The van der Waals surface area contributed by atoms with E-state index in [1.54, 1.807) is 0 Å². The molecule has 0 aliphatic heterocycles. The Kier molecular flexibility index (Phi) is 12.6. The first-order chi connectivity index (χ1) is 7.20. The third-order valence-electron chi connectivity index (χ3n) is 2.71. The van der Waals surface area contributed by atoms with Gasteiger partial charge in [0.1, 0.15) is 0 Å². The molecular weight excluding hydrogens is 414 g/mol. The Bertz CT molecular complexity index is 113. The van der Waals surface area contributed by atoms with Gasteiger partial charge in [0, 0.05) is 0 Å². The van der Waals surface area contributed by atoms with Crippen molar-refractivity contribution in [3.8, 4) is 0 Å². The first-order valence-electron chi connectivity index (χ1n) is 5.45. The number of halogens is 2. The number of hydrogen-bond donors (Lipinski definition) is 0. The van der Waals surface area contributed by atoms with E-state index in [1.165, 1.54) is 25.7 Å². The van der Waals surface area contributed by atoms with Crippen LogP contribution in [0.15, 0.2) is 0 Å². The van der Waals surface area contributed by atoms with Gasteiger partial charge in [-0.2, -0.15) is 0 Å². The van der Waals surface area contributed by atoms with Crippen LogP contribution in [0.2, 0.25) is 0 Å². The maximum Gasteiger partial charge on any atom is -0.0547 e. The second kappa shape index (κ2) is 11.7. The van der Waals surface area contributed by atoms with E-state index in [-0.39, 0.29) is 0 Å². The largest absolute Gasteiger partial charge is 0.675 e. The molecule has 2 rings (SSSR count). The summed E-state index contributed by atoms with van der Waals surface area (Å²) in [5.74, 6) is 0. The van der Waals surface area contributed by atoms with Crippen molar-refractivity contribution in [3.63, 3.8) is 0 Å². The van der Waals surface area contributed by atoms with Gasteiger partial charge in [0.2, 0.25) is 0 Å². The predicted molar refractivity (Wildman–Crippen MR) is 64.9 cm³/mol. The summed E-state index contributed by atoms with van der Waals surface area (Å²) in [6.45, 7) is 0. The van der Waals surface area contributed by atoms with Crippen LogP contribution >= 0.6 is 18.8 Å². The van der Waals surface area contributed by atoms with E-state index in [0.29, 0.717) is 12.1 Å². The molecule has 0 saturated heterocycles. The third-order valence-corrected chi connectivity index (χ3v) is 2.71. The summed E-state index contributed by atoms with van der Waals surface area (Å²) in [5.41, 5.74) is 14.3. The van der Waals surface area contributed by atoms with E-state index in [2.05, 4.69) is 0 Å². The molecule has 5 heteroatoms. The molecule has 0 amide bonds. The van der Waals surface area contributed by atoms with Crippen molar-refractivity contribution < 1.29 is 16.5 Å². The van der Waals surface area contributed by atoms with Gasteiger partial charge in [0.25, 0.3) is 0 Å². The van der Waals surface area contributed by atoms with Gasteiger partial charge in [-0.1, -0.05) is 51.4 Å². The summed E-state index contributed by atoms with van der Waals surface area (Å²) < 4.78 is 0. The zero-order valence-electron chi connectivity index (χ0n) is 8.88. The average Bonchev–Trinajstić information content (AvgIpc) is 2.81. The standard InChI is InChI=1S/2C5H10N.2ClH.Pt/c2*6-5-3-1-2-4-5;;;/h2*5-6H,1-4H2;2*1H;/q2*-1;;;+4/p-2. The molecule has 2 nitrogen and oxygen atoms in total. The van der Waals surface area contributed by atoms with Gasteiger partial charge in [-0.15, -0.1) is 12.1 Å². The van der Waals surface area contributed by atoms with Gasteiger partial charge in [-0.05, 0) is 0 Å². The third kappa shape index (κ3) is 11.5. The first-order valence-corrected chi connectivity index (χ1v) is 11.1. The molecule has 0 atom stereocenters. The Morgan fingerprint density at radius 2 is 0.933 bits per heavy atom.